The molecule has 3 aromatic carbocycles. The molecule has 1 unspecified atom stereocenters. The van der Waals surface area contributed by atoms with Crippen LogP contribution < -0.4 is 15.9 Å². The van der Waals surface area contributed by atoms with Crippen molar-refractivity contribution in [2.45, 2.75) is 45.4 Å². The van der Waals surface area contributed by atoms with Crippen LogP contribution in [0, 0.1) is 5.92 Å². The Kier molecular flexibility index (Phi) is 11.1. The fourth-order valence-electron chi connectivity index (χ4n) is 4.60. The van der Waals surface area contributed by atoms with Gasteiger partial charge in [-0.1, -0.05) is 0 Å². The summed E-state index contributed by atoms with van der Waals surface area (Å²) in [5, 5.41) is 13.5. The second-order valence-corrected chi connectivity index (χ2v) is 12.6. The van der Waals surface area contributed by atoms with E-state index >= 15 is 0 Å². The average molecular weight is 515 g/mol. The molecule has 0 aliphatic heterocycles. The molecule has 1 N–H and O–H groups in total. The van der Waals surface area contributed by atoms with Crippen LogP contribution in [0.1, 0.15) is 45.4 Å². The molecule has 172 valence electrons. The monoisotopic (exact) mass is 514 g/mol. The average Bonchev–Trinajstić information content (AvgIpc) is 2.82. The van der Waals surface area contributed by atoms with Gasteiger partial charge in [0.15, 0.2) is 0 Å². The number of rotatable bonds is 12. The third-order valence-corrected chi connectivity index (χ3v) is 11.5. The third-order valence-electron chi connectivity index (χ3n) is 6.41. The van der Waals surface area contributed by atoms with Gasteiger partial charge in [-0.2, -0.15) is 0 Å². The minimum atomic E-state index is -2.10. The van der Waals surface area contributed by atoms with Crippen molar-refractivity contribution in [1.29, 1.82) is 0 Å². The van der Waals surface area contributed by atoms with E-state index in [-0.39, 0.29) is 22.9 Å². The van der Waals surface area contributed by atoms with Crippen LogP contribution in [0.4, 0.5) is 0 Å². The zero-order valence-corrected chi connectivity index (χ0v) is 21.7. The van der Waals surface area contributed by atoms with E-state index in [1.807, 2.05) is 6.92 Å². The maximum atomic E-state index is 11.0. The molecule has 3 aromatic rings. The first-order valence-electron chi connectivity index (χ1n) is 11.5. The van der Waals surface area contributed by atoms with Crippen LogP contribution in [0.15, 0.2) is 91.0 Å². The maximum absolute atomic E-state index is 11.0. The molecular weight excluding hydrogens is 479 g/mol. The Morgan fingerprint density at radius 2 is 1.06 bits per heavy atom. The molecule has 32 heavy (non-hydrogen) atoms. The van der Waals surface area contributed by atoms with Gasteiger partial charge in [0.25, 0.3) is 0 Å². The molecule has 4 heteroatoms. The number of halogens is 1. The summed E-state index contributed by atoms with van der Waals surface area (Å²) in [6.07, 6.45) is 7.67. The van der Waals surface area contributed by atoms with E-state index in [1.165, 1.54) is 41.3 Å². The van der Waals surface area contributed by atoms with Crippen molar-refractivity contribution in [3.05, 3.63) is 91.0 Å². The molecule has 1 atom stereocenters. The predicted molar refractivity (Wildman–Crippen MR) is 146 cm³/mol. The van der Waals surface area contributed by atoms with Gasteiger partial charge in [-0.25, -0.2) is 0 Å². The van der Waals surface area contributed by atoms with Crippen molar-refractivity contribution in [2.75, 3.05) is 6.16 Å². The Morgan fingerprint density at radius 1 is 0.688 bits per heavy atom. The summed E-state index contributed by atoms with van der Waals surface area (Å²) in [5.41, 5.74) is 0. The SMILES string of the molecule is Br.CC(CCCCCCC[PH](c1ccccc1)(c1ccccc1)c1ccccc1)C(=O)O. The van der Waals surface area contributed by atoms with E-state index in [9.17, 15) is 4.79 Å². The summed E-state index contributed by atoms with van der Waals surface area (Å²) < 4.78 is 0. The molecule has 0 bridgehead atoms. The molecular formula is C28H36BrO2P. The number of carbonyl (C=O) groups is 1. The summed E-state index contributed by atoms with van der Waals surface area (Å²) in [7, 11) is -2.10. The fraction of sp³-hybridized carbons (Fsp3) is 0.321. The number of benzene rings is 3. The van der Waals surface area contributed by atoms with Crippen molar-refractivity contribution in [2.24, 2.45) is 5.92 Å². The van der Waals surface area contributed by atoms with Crippen LogP contribution in [0.2, 0.25) is 0 Å². The van der Waals surface area contributed by atoms with Crippen molar-refractivity contribution in [3.8, 4) is 0 Å². The summed E-state index contributed by atoms with van der Waals surface area (Å²) >= 11 is 0. The van der Waals surface area contributed by atoms with E-state index in [0.717, 1.165) is 19.3 Å². The fourth-order valence-corrected chi connectivity index (χ4v) is 9.53. The quantitative estimate of drug-likeness (QED) is 0.225. The van der Waals surface area contributed by atoms with Crippen LogP contribution in [0.5, 0.6) is 0 Å². The molecule has 0 aromatic heterocycles. The summed E-state index contributed by atoms with van der Waals surface area (Å²) in [6.45, 7) is 1.81. The van der Waals surface area contributed by atoms with E-state index < -0.39 is 13.2 Å². The molecule has 0 amide bonds. The summed E-state index contributed by atoms with van der Waals surface area (Å²) in [6, 6.07) is 33.3. The molecule has 0 fully saturated rings. The van der Waals surface area contributed by atoms with E-state index in [2.05, 4.69) is 91.0 Å². The first-order chi connectivity index (χ1) is 15.1. The Hall–Kier alpha value is -1.96. The standard InChI is InChI=1S/C28H35O2P.BrH/c1-24(28(29)30)16-8-3-2-4-15-23-31(25-17-9-5-10-18-25,26-19-11-6-12-20-26)27-21-13-7-14-22-27;/h5-7,9-14,17-22,24,31H,2-4,8,15-16,23H2,1H3,(H,29,30);1H. The van der Waals surface area contributed by atoms with Crippen LogP contribution >= 0.6 is 24.2 Å². The number of aliphatic carboxylic acids is 1. The van der Waals surface area contributed by atoms with Gasteiger partial charge in [-0.3, -0.25) is 0 Å². The summed E-state index contributed by atoms with van der Waals surface area (Å²) in [5.74, 6) is -0.904. The molecule has 0 radical (unpaired) electrons. The molecule has 0 spiro atoms. The van der Waals surface area contributed by atoms with Crippen LogP contribution in [-0.2, 0) is 4.79 Å². The minimum absolute atomic E-state index is 0. The number of hydrogen-bond donors (Lipinski definition) is 1. The first kappa shape index (κ1) is 26.3. The van der Waals surface area contributed by atoms with Gasteiger partial charge in [0.05, 0.1) is 0 Å². The second-order valence-electron chi connectivity index (χ2n) is 8.55. The van der Waals surface area contributed by atoms with Crippen LogP contribution in [-0.4, -0.2) is 17.2 Å². The second kappa shape index (κ2) is 13.6. The normalized spacial score (nSPS) is 12.5. The Balaban J connectivity index is 0.00000363. The number of unbranched alkanes of at least 4 members (excludes halogenated alkanes) is 4. The third kappa shape index (κ3) is 6.77. The van der Waals surface area contributed by atoms with E-state index in [1.54, 1.807) is 0 Å². The molecule has 0 aliphatic rings. The van der Waals surface area contributed by atoms with Gasteiger partial charge in [-0.05, 0) is 0 Å². The van der Waals surface area contributed by atoms with Crippen molar-refractivity contribution < 1.29 is 9.90 Å². The molecule has 0 aliphatic carbocycles. The molecule has 0 heterocycles. The predicted octanol–water partition coefficient (Wildman–Crippen LogP) is 6.35. The Labute approximate surface area is 204 Å². The zero-order chi connectivity index (χ0) is 21.9. The Bertz CT molecular complexity index is 819. The zero-order valence-electron chi connectivity index (χ0n) is 19.0. The van der Waals surface area contributed by atoms with Crippen molar-refractivity contribution in [3.63, 3.8) is 0 Å². The molecule has 2 nitrogen and oxygen atoms in total. The Morgan fingerprint density at radius 3 is 1.47 bits per heavy atom. The summed E-state index contributed by atoms with van der Waals surface area (Å²) in [4.78, 5) is 11.0. The molecule has 3 rings (SSSR count). The van der Waals surface area contributed by atoms with Crippen molar-refractivity contribution in [1.82, 2.24) is 0 Å². The van der Waals surface area contributed by atoms with Gasteiger partial charge in [-0.15, -0.1) is 17.0 Å². The molecule has 0 saturated carbocycles. The number of carboxylic acid groups (broad SMARTS) is 1. The first-order valence-corrected chi connectivity index (χ1v) is 13.7. The van der Waals surface area contributed by atoms with E-state index in [0.29, 0.717) is 0 Å². The number of hydrogen-bond acceptors (Lipinski definition) is 1. The van der Waals surface area contributed by atoms with E-state index in [4.69, 9.17) is 5.11 Å². The van der Waals surface area contributed by atoms with Gasteiger partial charge < -0.3 is 0 Å². The van der Waals surface area contributed by atoms with Gasteiger partial charge in [0.2, 0.25) is 0 Å². The van der Waals surface area contributed by atoms with Crippen LogP contribution in [0.25, 0.3) is 0 Å². The van der Waals surface area contributed by atoms with Crippen molar-refractivity contribution >= 4 is 46.1 Å². The topological polar surface area (TPSA) is 37.3 Å². The van der Waals surface area contributed by atoms with Gasteiger partial charge in [0, 0.05) is 0 Å². The number of carboxylic acids is 1. The van der Waals surface area contributed by atoms with Crippen LogP contribution in [0.3, 0.4) is 0 Å². The van der Waals surface area contributed by atoms with Gasteiger partial charge in [0.1, 0.15) is 0 Å². The molecule has 0 saturated heterocycles. The van der Waals surface area contributed by atoms with Gasteiger partial charge >= 0.3 is 188 Å².